The molecule has 5 atom stereocenters. The SMILES string of the molecule is B[C@H]1C[C@H](OCSSC)[C@@H](COP(=O)(O)OP(=O)(O)OP(=O)(O)O)O1. The number of phosphoric acid groups is 3. The molecule has 1 saturated heterocycles. The molecule has 2 unspecified atom stereocenters. The number of ether oxygens (including phenoxy) is 2. The summed E-state index contributed by atoms with van der Waals surface area (Å²) in [6, 6.07) is -0.196. The molecular formula is C7H18BO12P3S2. The molecule has 0 aromatic rings. The maximum absolute atomic E-state index is 11.7. The van der Waals surface area contributed by atoms with Crippen LogP contribution >= 0.6 is 45.1 Å². The summed E-state index contributed by atoms with van der Waals surface area (Å²) < 4.78 is 56.3. The van der Waals surface area contributed by atoms with Gasteiger partial charge in [0.15, 0.2) is 0 Å². The predicted molar refractivity (Wildman–Crippen MR) is 92.5 cm³/mol. The van der Waals surface area contributed by atoms with Gasteiger partial charge in [0.1, 0.15) is 19.9 Å². The van der Waals surface area contributed by atoms with Gasteiger partial charge in [-0.15, -0.1) is 0 Å². The zero-order chi connectivity index (χ0) is 19.3. The third-order valence-electron chi connectivity index (χ3n) is 2.65. The first kappa shape index (κ1) is 24.1. The average molecular weight is 462 g/mol. The van der Waals surface area contributed by atoms with E-state index in [9.17, 15) is 18.6 Å². The lowest BCUT2D eigenvalue weighted by atomic mass is 9.96. The topological polar surface area (TPSA) is 178 Å². The van der Waals surface area contributed by atoms with Gasteiger partial charge < -0.3 is 29.0 Å². The Labute approximate surface area is 152 Å². The average Bonchev–Trinajstić information content (AvgIpc) is 2.73. The lowest BCUT2D eigenvalue weighted by molar-refractivity contribution is -0.0237. The Bertz CT molecular complexity index is 573. The summed E-state index contributed by atoms with van der Waals surface area (Å²) in [4.78, 5) is 35.4. The van der Waals surface area contributed by atoms with Gasteiger partial charge in [-0.3, -0.25) is 4.52 Å². The molecule has 4 N–H and O–H groups in total. The second kappa shape index (κ2) is 10.0. The molecular weight excluding hydrogens is 444 g/mol. The summed E-state index contributed by atoms with van der Waals surface area (Å²) in [5.74, 6) is 0.355. The van der Waals surface area contributed by atoms with Crippen molar-refractivity contribution in [1.29, 1.82) is 0 Å². The monoisotopic (exact) mass is 462 g/mol. The molecule has 0 spiro atoms. The number of hydrogen-bond acceptors (Lipinski definition) is 10. The fraction of sp³-hybridized carbons (Fsp3) is 1.00. The van der Waals surface area contributed by atoms with Crippen LogP contribution in [0.3, 0.4) is 0 Å². The molecule has 1 heterocycles. The minimum Gasteiger partial charge on any atom is -0.379 e. The second-order valence-corrected chi connectivity index (χ2v) is 11.6. The van der Waals surface area contributed by atoms with E-state index in [2.05, 4.69) is 13.1 Å². The van der Waals surface area contributed by atoms with Gasteiger partial charge >= 0.3 is 23.5 Å². The van der Waals surface area contributed by atoms with E-state index in [1.54, 1.807) is 7.85 Å². The first-order valence-electron chi connectivity index (χ1n) is 6.54. The molecule has 0 aromatic carbocycles. The normalized spacial score (nSPS) is 29.2. The Morgan fingerprint density at radius 2 is 1.80 bits per heavy atom. The largest absolute Gasteiger partial charge is 0.490 e. The summed E-state index contributed by atoms with van der Waals surface area (Å²) in [5.41, 5.74) is 0. The van der Waals surface area contributed by atoms with Crippen LogP contribution < -0.4 is 0 Å². The maximum atomic E-state index is 11.7. The molecule has 0 bridgehead atoms. The molecule has 25 heavy (non-hydrogen) atoms. The highest BCUT2D eigenvalue weighted by Crippen LogP contribution is 2.66. The Kier molecular flexibility index (Phi) is 9.69. The van der Waals surface area contributed by atoms with Crippen molar-refractivity contribution in [2.45, 2.75) is 24.6 Å². The number of phosphoric ester groups is 1. The standard InChI is InChI=1S/C7H18BO12P3S2/c1-24-25-4-16-5-2-7(8)18-6(5)3-17-22(12,13)20-23(14,15)19-21(9,10)11/h5-7H,2-4,8H2,1H3,(H,12,13)(H,14,15)(H2,9,10,11)/t5-,6+,7+/m0/s1. The van der Waals surface area contributed by atoms with Crippen molar-refractivity contribution >= 4 is 52.9 Å². The highest BCUT2D eigenvalue weighted by Gasteiger charge is 2.42. The summed E-state index contributed by atoms with van der Waals surface area (Å²) in [6.45, 7) is -0.511. The van der Waals surface area contributed by atoms with Gasteiger partial charge in [-0.25, -0.2) is 13.7 Å². The van der Waals surface area contributed by atoms with Crippen LogP contribution in [-0.2, 0) is 36.3 Å². The molecule has 1 fully saturated rings. The van der Waals surface area contributed by atoms with Crippen LogP contribution in [0.2, 0.25) is 0 Å². The van der Waals surface area contributed by atoms with Crippen molar-refractivity contribution < 1.29 is 55.9 Å². The van der Waals surface area contributed by atoms with Crippen LogP contribution in [0.25, 0.3) is 0 Å². The molecule has 0 aliphatic carbocycles. The Morgan fingerprint density at radius 1 is 1.16 bits per heavy atom. The zero-order valence-corrected chi connectivity index (χ0v) is 17.4. The van der Waals surface area contributed by atoms with Crippen molar-refractivity contribution in [3.8, 4) is 0 Å². The van der Waals surface area contributed by atoms with E-state index in [1.165, 1.54) is 21.6 Å². The highest BCUT2D eigenvalue weighted by molar-refractivity contribution is 8.76. The Hall–Kier alpha value is 1.09. The molecule has 1 aliphatic heterocycles. The molecule has 1 rings (SSSR count). The molecule has 12 nitrogen and oxygen atoms in total. The van der Waals surface area contributed by atoms with Gasteiger partial charge in [0.05, 0.1) is 12.7 Å². The quantitative estimate of drug-likeness (QED) is 0.109. The third-order valence-corrected chi connectivity index (χ3v) is 7.92. The fourth-order valence-corrected chi connectivity index (χ4v) is 5.69. The van der Waals surface area contributed by atoms with Gasteiger partial charge in [0.25, 0.3) is 0 Å². The Morgan fingerprint density at radius 3 is 2.36 bits per heavy atom. The summed E-state index contributed by atoms with van der Waals surface area (Å²) in [6.07, 6.45) is 1.22. The van der Waals surface area contributed by atoms with E-state index >= 15 is 0 Å². The highest BCUT2D eigenvalue weighted by atomic mass is 33.1. The van der Waals surface area contributed by atoms with Crippen LogP contribution in [0.5, 0.6) is 0 Å². The first-order chi connectivity index (χ1) is 11.3. The molecule has 0 saturated carbocycles. The van der Waals surface area contributed by atoms with Crippen molar-refractivity contribution in [2.75, 3.05) is 18.8 Å². The molecule has 0 radical (unpaired) electrons. The predicted octanol–water partition coefficient (Wildman–Crippen LogP) is 0.432. The Balaban J connectivity index is 2.57. The van der Waals surface area contributed by atoms with E-state index in [1.807, 2.05) is 6.26 Å². The van der Waals surface area contributed by atoms with Crippen molar-refractivity contribution in [1.82, 2.24) is 0 Å². The number of hydrogen-bond donors (Lipinski definition) is 4. The van der Waals surface area contributed by atoms with Gasteiger partial charge in [0, 0.05) is 6.00 Å². The van der Waals surface area contributed by atoms with Gasteiger partial charge in [0.2, 0.25) is 0 Å². The van der Waals surface area contributed by atoms with E-state index in [-0.39, 0.29) is 6.00 Å². The minimum absolute atomic E-state index is 0.196. The molecule has 0 amide bonds. The summed E-state index contributed by atoms with van der Waals surface area (Å²) in [7, 11) is -11.4. The van der Waals surface area contributed by atoms with E-state index < -0.39 is 42.3 Å². The smallest absolute Gasteiger partial charge is 0.379 e. The van der Waals surface area contributed by atoms with Crippen LogP contribution in [0.15, 0.2) is 0 Å². The lowest BCUT2D eigenvalue weighted by Gasteiger charge is -2.21. The van der Waals surface area contributed by atoms with Gasteiger partial charge in [-0.1, -0.05) is 21.6 Å². The molecule has 18 heteroatoms. The van der Waals surface area contributed by atoms with Crippen LogP contribution in [-0.4, -0.2) is 64.4 Å². The van der Waals surface area contributed by atoms with E-state index in [4.69, 9.17) is 24.2 Å². The molecule has 0 aromatic heterocycles. The van der Waals surface area contributed by atoms with Crippen LogP contribution in [0.4, 0.5) is 0 Å². The summed E-state index contributed by atoms with van der Waals surface area (Å²) >= 11 is 0. The molecule has 148 valence electrons. The van der Waals surface area contributed by atoms with Crippen LogP contribution in [0, 0.1) is 0 Å². The van der Waals surface area contributed by atoms with E-state index in [0.717, 1.165) is 0 Å². The first-order valence-corrected chi connectivity index (χ1v) is 13.8. The number of rotatable bonds is 11. The van der Waals surface area contributed by atoms with Crippen molar-refractivity contribution in [3.05, 3.63) is 0 Å². The van der Waals surface area contributed by atoms with E-state index in [0.29, 0.717) is 12.4 Å². The molecule has 1 aliphatic rings. The second-order valence-electron chi connectivity index (χ2n) is 4.72. The lowest BCUT2D eigenvalue weighted by Crippen LogP contribution is -2.28. The third kappa shape index (κ3) is 10.3. The van der Waals surface area contributed by atoms with Crippen LogP contribution in [0.1, 0.15) is 6.42 Å². The zero-order valence-electron chi connectivity index (χ0n) is 13.1. The van der Waals surface area contributed by atoms with Crippen molar-refractivity contribution in [2.24, 2.45) is 0 Å². The fourth-order valence-electron chi connectivity index (χ4n) is 1.88. The summed E-state index contributed by atoms with van der Waals surface area (Å²) in [5, 5.41) is 0. The van der Waals surface area contributed by atoms with Gasteiger partial charge in [-0.05, 0) is 12.7 Å². The maximum Gasteiger partial charge on any atom is 0.490 e. The van der Waals surface area contributed by atoms with Crippen molar-refractivity contribution in [3.63, 3.8) is 0 Å². The minimum atomic E-state index is -5.53. The van der Waals surface area contributed by atoms with Gasteiger partial charge in [-0.2, -0.15) is 8.62 Å².